The van der Waals surface area contributed by atoms with Gasteiger partial charge < -0.3 is 14.8 Å². The van der Waals surface area contributed by atoms with Crippen molar-refractivity contribution in [3.8, 4) is 17.2 Å². The lowest BCUT2D eigenvalue weighted by Crippen LogP contribution is -2.19. The number of fused-ring (bicyclic) bond motifs is 2. The van der Waals surface area contributed by atoms with Crippen LogP contribution in [0.15, 0.2) is 40.9 Å². The molecule has 0 saturated carbocycles. The van der Waals surface area contributed by atoms with E-state index in [2.05, 4.69) is 26.0 Å². The quantitative estimate of drug-likeness (QED) is 0.808. The van der Waals surface area contributed by atoms with Gasteiger partial charge in [-0.25, -0.2) is 0 Å². The Balaban J connectivity index is 1.90. The number of hydrogen-bond donors (Lipinski definition) is 1. The summed E-state index contributed by atoms with van der Waals surface area (Å²) in [5.74, 6) is 0.234. The Kier molecular flexibility index (Phi) is 3.93. The maximum Gasteiger partial charge on any atom is 0.422 e. The third kappa shape index (κ3) is 3.58. The SMILES string of the molecule is O=C1Nc2cc(OCC(F)(F)F)ccc2Oc2ccc(Br)cc21. The number of alkyl halides is 3. The van der Waals surface area contributed by atoms with Crippen molar-refractivity contribution in [1.82, 2.24) is 0 Å². The summed E-state index contributed by atoms with van der Waals surface area (Å²) in [4.78, 5) is 12.2. The van der Waals surface area contributed by atoms with E-state index in [0.717, 1.165) is 0 Å². The molecule has 0 fully saturated rings. The number of carbonyl (C=O) groups excluding carboxylic acids is 1. The molecule has 3 rings (SSSR count). The van der Waals surface area contributed by atoms with Gasteiger partial charge in [-0.2, -0.15) is 13.2 Å². The molecule has 0 aromatic heterocycles. The van der Waals surface area contributed by atoms with E-state index in [1.807, 2.05) is 0 Å². The number of anilines is 1. The van der Waals surface area contributed by atoms with Crippen LogP contribution in [0.1, 0.15) is 10.4 Å². The van der Waals surface area contributed by atoms with E-state index in [9.17, 15) is 18.0 Å². The normalized spacial score (nSPS) is 13.3. The van der Waals surface area contributed by atoms with E-state index >= 15 is 0 Å². The zero-order chi connectivity index (χ0) is 16.6. The molecule has 1 aliphatic heterocycles. The molecule has 120 valence electrons. The van der Waals surface area contributed by atoms with Gasteiger partial charge in [-0.05, 0) is 30.3 Å². The van der Waals surface area contributed by atoms with Crippen molar-refractivity contribution in [2.75, 3.05) is 11.9 Å². The lowest BCUT2D eigenvalue weighted by molar-refractivity contribution is -0.153. The van der Waals surface area contributed by atoms with Gasteiger partial charge >= 0.3 is 6.18 Å². The van der Waals surface area contributed by atoms with Crippen LogP contribution < -0.4 is 14.8 Å². The number of halogens is 4. The van der Waals surface area contributed by atoms with Crippen LogP contribution in [-0.4, -0.2) is 18.7 Å². The van der Waals surface area contributed by atoms with Gasteiger partial charge in [0.1, 0.15) is 11.5 Å². The van der Waals surface area contributed by atoms with Gasteiger partial charge in [-0.3, -0.25) is 4.79 Å². The fraction of sp³-hybridized carbons (Fsp3) is 0.133. The predicted octanol–water partition coefficient (Wildman–Crippen LogP) is 4.75. The highest BCUT2D eigenvalue weighted by Crippen LogP contribution is 2.38. The number of ether oxygens (including phenoxy) is 2. The highest BCUT2D eigenvalue weighted by molar-refractivity contribution is 9.10. The lowest BCUT2D eigenvalue weighted by Gasteiger charge is -2.12. The number of hydrogen-bond acceptors (Lipinski definition) is 3. The summed E-state index contributed by atoms with van der Waals surface area (Å²) in [6, 6.07) is 9.02. The second kappa shape index (κ2) is 5.77. The molecule has 0 aliphatic carbocycles. The van der Waals surface area contributed by atoms with E-state index in [1.165, 1.54) is 18.2 Å². The Morgan fingerprint density at radius 3 is 2.61 bits per heavy atom. The summed E-state index contributed by atoms with van der Waals surface area (Å²) in [6.07, 6.45) is -4.44. The topological polar surface area (TPSA) is 47.6 Å². The number of rotatable bonds is 2. The monoisotopic (exact) mass is 387 g/mol. The second-order valence-electron chi connectivity index (χ2n) is 4.76. The molecule has 0 unspecified atom stereocenters. The van der Waals surface area contributed by atoms with Crippen LogP contribution in [0.3, 0.4) is 0 Å². The molecule has 1 aliphatic rings. The van der Waals surface area contributed by atoms with Crippen molar-refractivity contribution >= 4 is 27.5 Å². The Bertz CT molecular complexity index is 777. The van der Waals surface area contributed by atoms with Crippen molar-refractivity contribution in [2.24, 2.45) is 0 Å². The Labute approximate surface area is 137 Å². The van der Waals surface area contributed by atoms with Gasteiger partial charge in [0.2, 0.25) is 0 Å². The van der Waals surface area contributed by atoms with Crippen LogP contribution in [0.25, 0.3) is 0 Å². The Hall–Kier alpha value is -2.22. The van der Waals surface area contributed by atoms with Crippen LogP contribution in [0, 0.1) is 0 Å². The van der Waals surface area contributed by atoms with Gasteiger partial charge in [0.15, 0.2) is 12.4 Å². The molecule has 0 radical (unpaired) electrons. The van der Waals surface area contributed by atoms with Crippen LogP contribution in [0.5, 0.6) is 17.2 Å². The third-order valence-electron chi connectivity index (χ3n) is 3.01. The van der Waals surface area contributed by atoms with E-state index in [0.29, 0.717) is 21.5 Å². The molecular formula is C15H9BrF3NO3. The van der Waals surface area contributed by atoms with E-state index in [-0.39, 0.29) is 11.4 Å². The summed E-state index contributed by atoms with van der Waals surface area (Å²) >= 11 is 3.27. The minimum Gasteiger partial charge on any atom is -0.484 e. The minimum absolute atomic E-state index is 0.0166. The van der Waals surface area contributed by atoms with Crippen LogP contribution in [0.4, 0.5) is 18.9 Å². The van der Waals surface area contributed by atoms with E-state index < -0.39 is 18.7 Å². The Morgan fingerprint density at radius 1 is 1.13 bits per heavy atom. The number of carbonyl (C=O) groups is 1. The number of amides is 1. The van der Waals surface area contributed by atoms with Gasteiger partial charge in [0.25, 0.3) is 5.91 Å². The average Bonchev–Trinajstić information content (AvgIpc) is 2.60. The Morgan fingerprint density at radius 2 is 1.87 bits per heavy atom. The minimum atomic E-state index is -4.44. The van der Waals surface area contributed by atoms with Crippen LogP contribution in [-0.2, 0) is 0 Å². The predicted molar refractivity (Wildman–Crippen MR) is 80.2 cm³/mol. The molecule has 0 bridgehead atoms. The number of nitrogens with one attached hydrogen (secondary N) is 1. The van der Waals surface area contributed by atoms with Gasteiger partial charge in [0, 0.05) is 10.5 Å². The fourth-order valence-corrected chi connectivity index (χ4v) is 2.39. The highest BCUT2D eigenvalue weighted by atomic mass is 79.9. The summed E-state index contributed by atoms with van der Waals surface area (Å²) in [5.41, 5.74) is 0.551. The molecule has 0 saturated heterocycles. The molecule has 8 heteroatoms. The summed E-state index contributed by atoms with van der Waals surface area (Å²) < 4.78 is 47.6. The van der Waals surface area contributed by atoms with E-state index in [1.54, 1.807) is 18.2 Å². The maximum atomic E-state index is 12.2. The first-order valence-corrected chi connectivity index (χ1v) is 7.23. The first-order valence-electron chi connectivity index (χ1n) is 6.44. The van der Waals surface area contributed by atoms with Crippen LogP contribution in [0.2, 0.25) is 0 Å². The molecular weight excluding hydrogens is 379 g/mol. The molecule has 2 aromatic carbocycles. The van der Waals surface area contributed by atoms with Gasteiger partial charge in [0.05, 0.1) is 11.3 Å². The first kappa shape index (κ1) is 15.7. The first-order chi connectivity index (χ1) is 10.8. The zero-order valence-electron chi connectivity index (χ0n) is 11.4. The second-order valence-corrected chi connectivity index (χ2v) is 5.67. The van der Waals surface area contributed by atoms with Gasteiger partial charge in [-0.15, -0.1) is 0 Å². The smallest absolute Gasteiger partial charge is 0.422 e. The fourth-order valence-electron chi connectivity index (χ4n) is 2.03. The van der Waals surface area contributed by atoms with Crippen molar-refractivity contribution in [3.63, 3.8) is 0 Å². The van der Waals surface area contributed by atoms with Crippen molar-refractivity contribution in [3.05, 3.63) is 46.4 Å². The lowest BCUT2D eigenvalue weighted by atomic mass is 10.2. The average molecular weight is 388 g/mol. The molecule has 0 spiro atoms. The van der Waals surface area contributed by atoms with E-state index in [4.69, 9.17) is 4.74 Å². The summed E-state index contributed by atoms with van der Waals surface area (Å²) in [7, 11) is 0. The molecule has 1 heterocycles. The zero-order valence-corrected chi connectivity index (χ0v) is 13.0. The van der Waals surface area contributed by atoms with Crippen LogP contribution >= 0.6 is 15.9 Å². The largest absolute Gasteiger partial charge is 0.484 e. The molecule has 1 amide bonds. The number of benzene rings is 2. The summed E-state index contributed by atoms with van der Waals surface area (Å²) in [6.45, 7) is -1.41. The highest BCUT2D eigenvalue weighted by Gasteiger charge is 2.29. The van der Waals surface area contributed by atoms with Crippen molar-refractivity contribution < 1.29 is 27.4 Å². The van der Waals surface area contributed by atoms with Gasteiger partial charge in [-0.1, -0.05) is 15.9 Å². The van der Waals surface area contributed by atoms with Crippen molar-refractivity contribution in [2.45, 2.75) is 6.18 Å². The molecule has 0 atom stereocenters. The third-order valence-corrected chi connectivity index (χ3v) is 3.50. The molecule has 1 N–H and O–H groups in total. The van der Waals surface area contributed by atoms with Crippen molar-refractivity contribution in [1.29, 1.82) is 0 Å². The standard InChI is InChI=1S/C15H9BrF3NO3/c16-8-1-3-12-10(5-8)14(21)20-11-6-9(2-4-13(11)23-12)22-7-15(17,18)19/h1-6H,7H2,(H,20,21). The molecule has 2 aromatic rings. The molecule has 4 nitrogen and oxygen atoms in total. The maximum absolute atomic E-state index is 12.2. The summed E-state index contributed by atoms with van der Waals surface area (Å²) in [5, 5.41) is 2.60. The molecule has 23 heavy (non-hydrogen) atoms.